The third kappa shape index (κ3) is 4.58. The summed E-state index contributed by atoms with van der Waals surface area (Å²) in [6, 6.07) is 13.4. The van der Waals surface area contributed by atoms with Gasteiger partial charge in [-0.15, -0.1) is 0 Å². The number of sulfonamides is 1. The van der Waals surface area contributed by atoms with E-state index in [-0.39, 0.29) is 10.8 Å². The number of rotatable bonds is 7. The van der Waals surface area contributed by atoms with E-state index in [4.69, 9.17) is 4.74 Å². The van der Waals surface area contributed by atoms with Crippen molar-refractivity contribution in [3.63, 3.8) is 0 Å². The molecule has 7 heteroatoms. The molecule has 0 saturated carbocycles. The first-order chi connectivity index (χ1) is 11.9. The van der Waals surface area contributed by atoms with Gasteiger partial charge in [0, 0.05) is 31.3 Å². The first kappa shape index (κ1) is 19.0. The molecule has 2 aromatic carbocycles. The summed E-state index contributed by atoms with van der Waals surface area (Å²) in [5.74, 6) is 0.521. The molecular weight excluding hydrogens is 340 g/mol. The molecule has 2 aromatic rings. The van der Waals surface area contributed by atoms with Gasteiger partial charge in [0.15, 0.2) is 0 Å². The maximum absolute atomic E-state index is 12.6. The Kier molecular flexibility index (Phi) is 6.17. The standard InChI is InChI=1S/C18H22N2O4S/c1-4-19-25(22,23)16-11-9-14(10-12-16)18(21)20(2)13-15-7-5-6-8-17(15)24-3/h5-12,19H,4,13H2,1-3H3. The molecule has 0 fully saturated rings. The van der Waals surface area contributed by atoms with Gasteiger partial charge in [-0.1, -0.05) is 25.1 Å². The largest absolute Gasteiger partial charge is 0.496 e. The zero-order valence-electron chi connectivity index (χ0n) is 14.5. The third-order valence-electron chi connectivity index (χ3n) is 3.69. The molecule has 25 heavy (non-hydrogen) atoms. The van der Waals surface area contributed by atoms with Crippen LogP contribution < -0.4 is 9.46 Å². The molecule has 134 valence electrons. The fourth-order valence-corrected chi connectivity index (χ4v) is 3.47. The Balaban J connectivity index is 2.14. The van der Waals surface area contributed by atoms with Gasteiger partial charge >= 0.3 is 0 Å². The predicted octanol–water partition coefficient (Wildman–Crippen LogP) is 2.27. The van der Waals surface area contributed by atoms with E-state index < -0.39 is 10.0 Å². The quantitative estimate of drug-likeness (QED) is 0.820. The molecule has 0 unspecified atom stereocenters. The van der Waals surface area contributed by atoms with Crippen LogP contribution in [0.1, 0.15) is 22.8 Å². The monoisotopic (exact) mass is 362 g/mol. The van der Waals surface area contributed by atoms with Gasteiger partial charge in [0.1, 0.15) is 5.75 Å². The Hall–Kier alpha value is -2.38. The summed E-state index contributed by atoms with van der Waals surface area (Å²) in [5.41, 5.74) is 1.32. The molecule has 1 N–H and O–H groups in total. The lowest BCUT2D eigenvalue weighted by molar-refractivity contribution is 0.0784. The van der Waals surface area contributed by atoms with Crippen molar-refractivity contribution in [1.29, 1.82) is 0 Å². The lowest BCUT2D eigenvalue weighted by Crippen LogP contribution is -2.27. The van der Waals surface area contributed by atoms with Gasteiger partial charge in [0.2, 0.25) is 10.0 Å². The summed E-state index contributed by atoms with van der Waals surface area (Å²) in [5, 5.41) is 0. The number of nitrogens with zero attached hydrogens (tertiary/aromatic N) is 1. The second-order valence-electron chi connectivity index (χ2n) is 5.50. The number of methoxy groups -OCH3 is 1. The van der Waals surface area contributed by atoms with Gasteiger partial charge in [-0.25, -0.2) is 13.1 Å². The molecule has 0 aromatic heterocycles. The Morgan fingerprint density at radius 2 is 1.76 bits per heavy atom. The second kappa shape index (κ2) is 8.13. The minimum Gasteiger partial charge on any atom is -0.496 e. The Labute approximate surface area is 148 Å². The highest BCUT2D eigenvalue weighted by Crippen LogP contribution is 2.20. The smallest absolute Gasteiger partial charge is 0.253 e. The van der Waals surface area contributed by atoms with Crippen LogP contribution in [-0.2, 0) is 16.6 Å². The summed E-state index contributed by atoms with van der Waals surface area (Å²) in [4.78, 5) is 14.3. The molecule has 1 amide bonds. The van der Waals surface area contributed by atoms with Crippen LogP contribution in [0.4, 0.5) is 0 Å². The highest BCUT2D eigenvalue weighted by atomic mass is 32.2. The lowest BCUT2D eigenvalue weighted by atomic mass is 10.1. The predicted molar refractivity (Wildman–Crippen MR) is 96.1 cm³/mol. The van der Waals surface area contributed by atoms with Crippen molar-refractivity contribution in [1.82, 2.24) is 9.62 Å². The summed E-state index contributed by atoms with van der Waals surface area (Å²) >= 11 is 0. The van der Waals surface area contributed by atoms with Crippen LogP contribution in [0.15, 0.2) is 53.4 Å². The van der Waals surface area contributed by atoms with Crippen LogP contribution in [0.5, 0.6) is 5.75 Å². The molecule has 0 spiro atoms. The average Bonchev–Trinajstić information content (AvgIpc) is 2.61. The van der Waals surface area contributed by atoms with Crippen molar-refractivity contribution in [3.05, 3.63) is 59.7 Å². The van der Waals surface area contributed by atoms with Crippen LogP contribution >= 0.6 is 0 Å². The molecule has 6 nitrogen and oxygen atoms in total. The highest BCUT2D eigenvalue weighted by molar-refractivity contribution is 7.89. The third-order valence-corrected chi connectivity index (χ3v) is 5.25. The average molecular weight is 362 g/mol. The van der Waals surface area contributed by atoms with Gasteiger partial charge in [0.25, 0.3) is 5.91 Å². The van der Waals surface area contributed by atoms with Crippen molar-refractivity contribution < 1.29 is 17.9 Å². The lowest BCUT2D eigenvalue weighted by Gasteiger charge is -2.19. The van der Waals surface area contributed by atoms with Crippen molar-refractivity contribution in [3.8, 4) is 5.75 Å². The van der Waals surface area contributed by atoms with E-state index >= 15 is 0 Å². The summed E-state index contributed by atoms with van der Waals surface area (Å²) in [6.07, 6.45) is 0. The molecule has 0 aliphatic carbocycles. The van der Waals surface area contributed by atoms with Crippen molar-refractivity contribution in [2.45, 2.75) is 18.4 Å². The molecule has 0 aliphatic heterocycles. The number of hydrogen-bond donors (Lipinski definition) is 1. The molecule has 0 atom stereocenters. The molecular formula is C18H22N2O4S. The Morgan fingerprint density at radius 1 is 1.12 bits per heavy atom. The summed E-state index contributed by atoms with van der Waals surface area (Å²) < 4.78 is 31.6. The van der Waals surface area contributed by atoms with E-state index in [0.29, 0.717) is 24.4 Å². The Bertz CT molecular complexity index is 832. The fourth-order valence-electron chi connectivity index (χ4n) is 2.43. The number of carbonyl (C=O) groups excluding carboxylic acids is 1. The van der Waals surface area contributed by atoms with Crippen LogP contribution in [-0.4, -0.2) is 39.9 Å². The maximum atomic E-state index is 12.6. The fraction of sp³-hybridized carbons (Fsp3) is 0.278. The zero-order valence-corrected chi connectivity index (χ0v) is 15.3. The van der Waals surface area contributed by atoms with Crippen LogP contribution in [0.3, 0.4) is 0 Å². The number of amides is 1. The summed E-state index contributed by atoms with van der Waals surface area (Å²) in [6.45, 7) is 2.41. The van der Waals surface area contributed by atoms with Crippen LogP contribution in [0.25, 0.3) is 0 Å². The zero-order chi connectivity index (χ0) is 18.4. The first-order valence-electron chi connectivity index (χ1n) is 7.86. The van der Waals surface area contributed by atoms with Crippen molar-refractivity contribution in [2.75, 3.05) is 20.7 Å². The molecule has 2 rings (SSSR count). The molecule has 0 saturated heterocycles. The van der Waals surface area contributed by atoms with E-state index in [9.17, 15) is 13.2 Å². The Morgan fingerprint density at radius 3 is 2.36 bits per heavy atom. The minimum absolute atomic E-state index is 0.137. The van der Waals surface area contributed by atoms with E-state index in [1.165, 1.54) is 24.3 Å². The van der Waals surface area contributed by atoms with Crippen molar-refractivity contribution in [2.24, 2.45) is 0 Å². The first-order valence-corrected chi connectivity index (χ1v) is 9.34. The van der Waals surface area contributed by atoms with E-state index in [1.807, 2.05) is 24.3 Å². The van der Waals surface area contributed by atoms with E-state index in [0.717, 1.165) is 5.56 Å². The number of carbonyl (C=O) groups is 1. The van der Waals surface area contributed by atoms with Crippen LogP contribution in [0, 0.1) is 0 Å². The molecule has 0 heterocycles. The van der Waals surface area contributed by atoms with Gasteiger partial charge in [0.05, 0.1) is 12.0 Å². The van der Waals surface area contributed by atoms with Crippen LogP contribution in [0.2, 0.25) is 0 Å². The number of ether oxygens (including phenoxy) is 1. The van der Waals surface area contributed by atoms with Gasteiger partial charge in [-0.05, 0) is 30.3 Å². The molecule has 0 radical (unpaired) electrons. The van der Waals surface area contributed by atoms with Gasteiger partial charge in [-0.2, -0.15) is 0 Å². The number of benzene rings is 2. The molecule has 0 aliphatic rings. The second-order valence-corrected chi connectivity index (χ2v) is 7.27. The number of hydrogen-bond acceptors (Lipinski definition) is 4. The van der Waals surface area contributed by atoms with Gasteiger partial charge < -0.3 is 9.64 Å². The minimum atomic E-state index is -3.52. The molecule has 0 bridgehead atoms. The normalized spacial score (nSPS) is 11.2. The SMILES string of the molecule is CCNS(=O)(=O)c1ccc(C(=O)N(C)Cc2ccccc2OC)cc1. The number of para-hydroxylation sites is 1. The highest BCUT2D eigenvalue weighted by Gasteiger charge is 2.16. The topological polar surface area (TPSA) is 75.7 Å². The van der Waals surface area contributed by atoms with E-state index in [1.54, 1.807) is 26.0 Å². The maximum Gasteiger partial charge on any atom is 0.253 e. The number of nitrogens with one attached hydrogen (secondary N) is 1. The van der Waals surface area contributed by atoms with Gasteiger partial charge in [-0.3, -0.25) is 4.79 Å². The van der Waals surface area contributed by atoms with Crippen molar-refractivity contribution >= 4 is 15.9 Å². The van der Waals surface area contributed by atoms with E-state index in [2.05, 4.69) is 4.72 Å². The summed E-state index contributed by atoms with van der Waals surface area (Å²) in [7, 11) is -0.242.